The maximum atomic E-state index is 13.6. The lowest BCUT2D eigenvalue weighted by molar-refractivity contribution is -0.138. The van der Waals surface area contributed by atoms with E-state index in [2.05, 4.69) is 25.2 Å². The molecule has 3 heterocycles. The Bertz CT molecular complexity index is 1310. The fourth-order valence-corrected chi connectivity index (χ4v) is 3.73. The molecule has 1 N–H and O–H groups in total. The summed E-state index contributed by atoms with van der Waals surface area (Å²) in [5.41, 5.74) is -1.27. The first-order valence-electron chi connectivity index (χ1n) is 9.33. The smallest absolute Gasteiger partial charge is 0.304 e. The van der Waals surface area contributed by atoms with E-state index >= 15 is 0 Å². The van der Waals surface area contributed by atoms with Crippen LogP contribution in [0.4, 0.5) is 19.0 Å². The molecular weight excluding hydrogens is 457 g/mol. The molecule has 12 heteroatoms. The Balaban J connectivity index is 1.59. The molecule has 0 aliphatic heterocycles. The molecule has 33 heavy (non-hydrogen) atoms. The number of nitrogens with zero attached hydrogens (tertiary/aromatic N) is 5. The molecule has 1 aromatic carbocycles. The molecule has 8 nitrogen and oxygen atoms in total. The number of hydrogen-bond donors (Lipinski definition) is 1. The van der Waals surface area contributed by atoms with E-state index in [-0.39, 0.29) is 28.1 Å². The van der Waals surface area contributed by atoms with Gasteiger partial charge in [0.15, 0.2) is 0 Å². The normalized spacial score (nSPS) is 11.2. The van der Waals surface area contributed by atoms with Crippen LogP contribution in [-0.2, 0) is 11.0 Å². The van der Waals surface area contributed by atoms with Gasteiger partial charge in [0.1, 0.15) is 11.1 Å². The number of rotatable bonds is 6. The summed E-state index contributed by atoms with van der Waals surface area (Å²) in [4.78, 5) is 16.7. The second kappa shape index (κ2) is 9.17. The number of amides is 1. The number of halogens is 3. The van der Waals surface area contributed by atoms with Gasteiger partial charge in [0.05, 0.1) is 22.6 Å². The minimum atomic E-state index is -4.77. The summed E-state index contributed by atoms with van der Waals surface area (Å²) in [6, 6.07) is 14.1. The van der Waals surface area contributed by atoms with Crippen LogP contribution in [-0.4, -0.2) is 31.5 Å². The maximum Gasteiger partial charge on any atom is 0.417 e. The Labute approximate surface area is 189 Å². The highest BCUT2D eigenvalue weighted by Crippen LogP contribution is 2.38. The largest absolute Gasteiger partial charge is 0.417 e. The third kappa shape index (κ3) is 4.88. The van der Waals surface area contributed by atoms with Crippen LogP contribution in [0.2, 0.25) is 0 Å². The van der Waals surface area contributed by atoms with E-state index in [0.717, 1.165) is 6.07 Å². The fourth-order valence-electron chi connectivity index (χ4n) is 2.92. The topological polar surface area (TPSA) is 110 Å². The summed E-state index contributed by atoms with van der Waals surface area (Å²) in [5.74, 6) is -0.637. The maximum absolute atomic E-state index is 13.6. The molecule has 1 amide bonds. The molecule has 3 aromatic heterocycles. The van der Waals surface area contributed by atoms with Crippen LogP contribution < -0.4 is 5.32 Å². The molecule has 0 radical (unpaired) electrons. The average molecular weight is 470 g/mol. The van der Waals surface area contributed by atoms with Gasteiger partial charge in [0.25, 0.3) is 0 Å². The van der Waals surface area contributed by atoms with Crippen LogP contribution in [0.25, 0.3) is 17.1 Å². The van der Waals surface area contributed by atoms with Crippen molar-refractivity contribution in [2.24, 2.45) is 0 Å². The standard InChI is InChI=1S/C21H13F3N6O2S/c22-21(23,24)15-10-16(13-6-2-1-3-7-13)26-20(14(15)11-25)33-12-17(31)27-18-19(29-32-28-18)30-8-4-5-9-30/h1-10H,12H2,(H,27,28,31). The predicted molar refractivity (Wildman–Crippen MR) is 112 cm³/mol. The predicted octanol–water partition coefficient (Wildman–Crippen LogP) is 4.54. The molecule has 0 saturated carbocycles. The molecule has 0 unspecified atom stereocenters. The van der Waals surface area contributed by atoms with Gasteiger partial charge in [-0.15, -0.1) is 0 Å². The Hall–Kier alpha value is -4.11. The molecule has 0 fully saturated rings. The zero-order valence-corrected chi connectivity index (χ0v) is 17.4. The fraction of sp³-hybridized carbons (Fsp3) is 0.0952. The van der Waals surface area contributed by atoms with Crippen molar-refractivity contribution < 1.29 is 22.6 Å². The summed E-state index contributed by atoms with van der Waals surface area (Å²) in [6.45, 7) is 0. The van der Waals surface area contributed by atoms with Gasteiger partial charge in [0.2, 0.25) is 17.5 Å². The molecule has 0 saturated heterocycles. The van der Waals surface area contributed by atoms with E-state index in [4.69, 9.17) is 0 Å². The molecule has 0 bridgehead atoms. The highest BCUT2D eigenvalue weighted by Gasteiger charge is 2.36. The lowest BCUT2D eigenvalue weighted by Gasteiger charge is -2.14. The van der Waals surface area contributed by atoms with Crippen LogP contribution in [0, 0.1) is 11.3 Å². The number of pyridine rings is 1. The minimum absolute atomic E-state index is 0.0410. The first-order chi connectivity index (χ1) is 15.9. The Morgan fingerprint density at radius 3 is 2.55 bits per heavy atom. The zero-order chi connectivity index (χ0) is 23.4. The first-order valence-corrected chi connectivity index (χ1v) is 10.3. The molecule has 4 aromatic rings. The summed E-state index contributed by atoms with van der Waals surface area (Å²) in [7, 11) is 0. The number of nitrogens with one attached hydrogen (secondary N) is 1. The van der Waals surface area contributed by atoms with E-state index in [1.165, 1.54) is 0 Å². The van der Waals surface area contributed by atoms with Crippen molar-refractivity contribution in [3.05, 3.63) is 72.1 Å². The molecule has 4 rings (SSSR count). The van der Waals surface area contributed by atoms with Crippen molar-refractivity contribution in [3.8, 4) is 23.1 Å². The van der Waals surface area contributed by atoms with Crippen molar-refractivity contribution in [2.75, 3.05) is 11.1 Å². The van der Waals surface area contributed by atoms with Gasteiger partial charge in [0, 0.05) is 18.0 Å². The van der Waals surface area contributed by atoms with E-state index < -0.39 is 23.2 Å². The van der Waals surface area contributed by atoms with Crippen molar-refractivity contribution in [1.82, 2.24) is 19.9 Å². The van der Waals surface area contributed by atoms with E-state index in [1.54, 1.807) is 65.5 Å². The number of benzene rings is 1. The van der Waals surface area contributed by atoms with Crippen molar-refractivity contribution in [3.63, 3.8) is 0 Å². The Morgan fingerprint density at radius 1 is 1.15 bits per heavy atom. The van der Waals surface area contributed by atoms with Crippen molar-refractivity contribution >= 4 is 23.5 Å². The van der Waals surface area contributed by atoms with Crippen LogP contribution in [0.1, 0.15) is 11.1 Å². The number of hydrogen-bond acceptors (Lipinski definition) is 7. The molecule has 0 aliphatic carbocycles. The second-order valence-electron chi connectivity index (χ2n) is 6.57. The Kier molecular flexibility index (Phi) is 6.14. The molecule has 166 valence electrons. The highest BCUT2D eigenvalue weighted by molar-refractivity contribution is 8.00. The lowest BCUT2D eigenvalue weighted by Crippen LogP contribution is -2.16. The number of carbonyl (C=O) groups excluding carboxylic acids is 1. The second-order valence-corrected chi connectivity index (χ2v) is 7.54. The van der Waals surface area contributed by atoms with Gasteiger partial charge in [-0.3, -0.25) is 4.79 Å². The summed E-state index contributed by atoms with van der Waals surface area (Å²) in [6.07, 6.45) is -1.44. The lowest BCUT2D eigenvalue weighted by atomic mass is 10.1. The van der Waals surface area contributed by atoms with Gasteiger partial charge >= 0.3 is 6.18 Å². The van der Waals surface area contributed by atoms with Crippen molar-refractivity contribution in [2.45, 2.75) is 11.2 Å². The highest BCUT2D eigenvalue weighted by atomic mass is 32.2. The van der Waals surface area contributed by atoms with Gasteiger partial charge < -0.3 is 9.88 Å². The molecule has 0 atom stereocenters. The number of aromatic nitrogens is 4. The van der Waals surface area contributed by atoms with Gasteiger partial charge in [-0.25, -0.2) is 9.61 Å². The summed E-state index contributed by atoms with van der Waals surface area (Å²) < 4.78 is 47.2. The van der Waals surface area contributed by atoms with Gasteiger partial charge in [-0.2, -0.15) is 18.4 Å². The number of nitriles is 1. The number of thioether (sulfide) groups is 1. The van der Waals surface area contributed by atoms with E-state index in [0.29, 0.717) is 17.3 Å². The minimum Gasteiger partial charge on any atom is -0.304 e. The monoisotopic (exact) mass is 470 g/mol. The number of alkyl halides is 3. The van der Waals surface area contributed by atoms with Gasteiger partial charge in [-0.05, 0) is 28.5 Å². The number of anilines is 1. The molecular formula is C21H13F3N6O2S. The summed E-state index contributed by atoms with van der Waals surface area (Å²) in [5, 5.41) is 19.0. The van der Waals surface area contributed by atoms with Crippen LogP contribution in [0.15, 0.2) is 70.6 Å². The summed E-state index contributed by atoms with van der Waals surface area (Å²) >= 11 is 0.713. The van der Waals surface area contributed by atoms with Gasteiger partial charge in [-0.1, -0.05) is 42.1 Å². The van der Waals surface area contributed by atoms with Crippen LogP contribution >= 0.6 is 11.8 Å². The quantitative estimate of drug-likeness (QED) is 0.412. The van der Waals surface area contributed by atoms with Crippen molar-refractivity contribution in [1.29, 1.82) is 5.26 Å². The molecule has 0 spiro atoms. The first kappa shape index (κ1) is 22.1. The van der Waals surface area contributed by atoms with E-state index in [1.807, 2.05) is 0 Å². The zero-order valence-electron chi connectivity index (χ0n) is 16.6. The Morgan fingerprint density at radius 2 is 1.88 bits per heavy atom. The van der Waals surface area contributed by atoms with Crippen LogP contribution in [0.3, 0.4) is 0 Å². The van der Waals surface area contributed by atoms with Crippen LogP contribution in [0.5, 0.6) is 0 Å². The molecule has 0 aliphatic rings. The number of carbonyl (C=O) groups is 1. The third-order valence-electron chi connectivity index (χ3n) is 4.39. The average Bonchev–Trinajstić information content (AvgIpc) is 3.49. The van der Waals surface area contributed by atoms with E-state index in [9.17, 15) is 23.2 Å². The third-order valence-corrected chi connectivity index (χ3v) is 5.37. The SMILES string of the molecule is N#Cc1c(C(F)(F)F)cc(-c2ccccc2)nc1SCC(=O)Nc1nonc1-n1cccc1.